The van der Waals surface area contributed by atoms with E-state index in [-0.39, 0.29) is 58.2 Å². The minimum atomic E-state index is -0.527. The molecule has 0 spiro atoms. The Morgan fingerprint density at radius 1 is 0.440 bits per heavy atom. The van der Waals surface area contributed by atoms with E-state index in [1.54, 1.807) is 24.3 Å². The minimum absolute atomic E-state index is 0.0181. The molecule has 50 heavy (non-hydrogen) atoms. The summed E-state index contributed by atoms with van der Waals surface area (Å²) in [6.45, 7) is -0.0363. The first-order chi connectivity index (χ1) is 24.0. The molecule has 4 amide bonds. The monoisotopic (exact) mass is 670 g/mol. The Kier molecular flexibility index (Phi) is 7.80. The van der Waals surface area contributed by atoms with Crippen LogP contribution in [0, 0.1) is 20.2 Å². The molecule has 246 valence electrons. The number of amides is 4. The summed E-state index contributed by atoms with van der Waals surface area (Å²) in [6.07, 6.45) is 0. The molecule has 2 heterocycles. The zero-order chi connectivity index (χ0) is 35.1. The number of ether oxygens (including phenoxy) is 2. The number of hydrogen-bond acceptors (Lipinski definition) is 10. The van der Waals surface area contributed by atoms with Crippen LogP contribution in [0.15, 0.2) is 109 Å². The molecule has 14 nitrogen and oxygen atoms in total. The Hall–Kier alpha value is -7.22. The van der Waals surface area contributed by atoms with Gasteiger partial charge in [-0.25, -0.2) is 0 Å². The highest BCUT2D eigenvalue weighted by molar-refractivity contribution is 6.22. The fourth-order valence-corrected chi connectivity index (χ4v) is 5.61. The zero-order valence-corrected chi connectivity index (χ0v) is 25.7. The van der Waals surface area contributed by atoms with Gasteiger partial charge in [0.25, 0.3) is 35.0 Å². The molecule has 0 aliphatic carbocycles. The predicted molar refractivity (Wildman–Crippen MR) is 174 cm³/mol. The number of rotatable bonds is 10. The first-order valence-electron chi connectivity index (χ1n) is 15.0. The Bertz CT molecular complexity index is 2090. The van der Waals surface area contributed by atoms with Gasteiger partial charge in [0.15, 0.2) is 0 Å². The summed E-state index contributed by atoms with van der Waals surface area (Å²) in [4.78, 5) is 75.6. The lowest BCUT2D eigenvalue weighted by atomic mass is 10.1. The van der Waals surface area contributed by atoms with Gasteiger partial charge in [-0.15, -0.1) is 0 Å². The molecule has 0 unspecified atom stereocenters. The Balaban J connectivity index is 0.989. The van der Waals surface area contributed by atoms with Crippen LogP contribution in [0.5, 0.6) is 23.0 Å². The Morgan fingerprint density at radius 2 is 0.760 bits per heavy atom. The molecule has 14 heteroatoms. The summed E-state index contributed by atoms with van der Waals surface area (Å²) in [5, 5.41) is 21.8. The van der Waals surface area contributed by atoms with Gasteiger partial charge in [-0.05, 0) is 71.8 Å². The van der Waals surface area contributed by atoms with Crippen LogP contribution < -0.4 is 9.47 Å². The zero-order valence-electron chi connectivity index (χ0n) is 25.7. The van der Waals surface area contributed by atoms with E-state index in [2.05, 4.69) is 0 Å². The van der Waals surface area contributed by atoms with Gasteiger partial charge in [-0.3, -0.25) is 49.2 Å². The predicted octanol–water partition coefficient (Wildman–Crippen LogP) is 6.68. The van der Waals surface area contributed by atoms with Crippen molar-refractivity contribution in [3.63, 3.8) is 0 Å². The number of hydrogen-bond donors (Lipinski definition) is 0. The molecular formula is C36H22N4O10. The second kappa shape index (κ2) is 12.4. The van der Waals surface area contributed by atoms with E-state index in [0.29, 0.717) is 22.6 Å². The van der Waals surface area contributed by atoms with Gasteiger partial charge in [-0.1, -0.05) is 24.3 Å². The van der Waals surface area contributed by atoms with Gasteiger partial charge in [-0.2, -0.15) is 0 Å². The van der Waals surface area contributed by atoms with E-state index in [1.165, 1.54) is 84.9 Å². The van der Waals surface area contributed by atoms with Gasteiger partial charge < -0.3 is 9.47 Å². The average Bonchev–Trinajstić information content (AvgIpc) is 3.49. The highest BCUT2D eigenvalue weighted by Crippen LogP contribution is 2.33. The van der Waals surface area contributed by atoms with Gasteiger partial charge in [0.1, 0.15) is 23.0 Å². The molecule has 0 atom stereocenters. The van der Waals surface area contributed by atoms with Gasteiger partial charge in [0, 0.05) is 24.3 Å². The van der Waals surface area contributed by atoms with E-state index < -0.39 is 33.5 Å². The number of carbonyl (C=O) groups excluding carboxylic acids is 4. The van der Waals surface area contributed by atoms with Gasteiger partial charge >= 0.3 is 0 Å². The summed E-state index contributed by atoms with van der Waals surface area (Å²) >= 11 is 0. The third-order valence-corrected chi connectivity index (χ3v) is 8.16. The topological polar surface area (TPSA) is 179 Å². The summed E-state index contributed by atoms with van der Waals surface area (Å²) < 4.78 is 11.5. The van der Waals surface area contributed by atoms with E-state index >= 15 is 0 Å². The smallest absolute Gasteiger partial charge is 0.269 e. The fourth-order valence-electron chi connectivity index (χ4n) is 5.61. The van der Waals surface area contributed by atoms with Crippen molar-refractivity contribution in [3.05, 3.63) is 163 Å². The van der Waals surface area contributed by atoms with Crippen LogP contribution in [0.1, 0.15) is 52.6 Å². The average molecular weight is 671 g/mol. The number of nitrogens with zero attached hydrogens (tertiary/aromatic N) is 4. The number of carbonyl (C=O) groups is 4. The molecule has 7 rings (SSSR count). The van der Waals surface area contributed by atoms with E-state index in [0.717, 1.165) is 9.80 Å². The van der Waals surface area contributed by atoms with E-state index in [9.17, 15) is 39.4 Å². The van der Waals surface area contributed by atoms with Crippen LogP contribution in [-0.4, -0.2) is 43.3 Å². The third-order valence-electron chi connectivity index (χ3n) is 8.16. The molecule has 0 saturated carbocycles. The SMILES string of the molecule is O=C1c2ccc(Oc3ccc([N+](=O)[O-])cc3)cc2C(=O)N1Cc1ccc(CN2C(=O)c3ccc(Oc4ccc([N+](=O)[O-])cc4)cc3C2=O)cc1. The van der Waals surface area contributed by atoms with Crippen molar-refractivity contribution in [2.45, 2.75) is 13.1 Å². The van der Waals surface area contributed by atoms with Crippen molar-refractivity contribution < 1.29 is 38.5 Å². The van der Waals surface area contributed by atoms with Gasteiger partial charge in [0.2, 0.25) is 0 Å². The summed E-state index contributed by atoms with van der Waals surface area (Å²) in [5.74, 6) is -0.749. The first kappa shape index (κ1) is 31.4. The standard InChI is InChI=1S/C36H22N4O10/c41-33-29-15-13-27(49-25-9-5-23(6-10-25)39(45)46)17-31(29)35(43)37(33)19-21-1-2-22(4-3-21)20-38-34(42)30-16-14-28(18-32(30)36(38)44)50-26-11-7-24(8-12-26)40(47)48/h1-18H,19-20H2. The second-order valence-electron chi connectivity index (χ2n) is 11.3. The number of benzene rings is 5. The number of non-ortho nitro benzene ring substituents is 2. The molecule has 0 saturated heterocycles. The van der Waals surface area contributed by atoms with E-state index in [4.69, 9.17) is 9.47 Å². The van der Waals surface area contributed by atoms with Crippen LogP contribution in [0.2, 0.25) is 0 Å². The summed E-state index contributed by atoms with van der Waals surface area (Å²) in [6, 6.07) is 26.7. The molecule has 0 aromatic heterocycles. The molecule has 0 N–H and O–H groups in total. The highest BCUT2D eigenvalue weighted by atomic mass is 16.6. The number of nitro benzene ring substituents is 2. The lowest BCUT2D eigenvalue weighted by Crippen LogP contribution is -2.29. The maximum atomic E-state index is 13.2. The maximum Gasteiger partial charge on any atom is 0.269 e. The first-order valence-corrected chi connectivity index (χ1v) is 15.0. The molecular weight excluding hydrogens is 648 g/mol. The largest absolute Gasteiger partial charge is 0.457 e. The highest BCUT2D eigenvalue weighted by Gasteiger charge is 2.37. The maximum absolute atomic E-state index is 13.2. The van der Waals surface area contributed by atoms with E-state index in [1.807, 2.05) is 0 Å². The van der Waals surface area contributed by atoms with Crippen molar-refractivity contribution in [1.29, 1.82) is 0 Å². The number of fused-ring (bicyclic) bond motifs is 2. The van der Waals surface area contributed by atoms with Crippen molar-refractivity contribution >= 4 is 35.0 Å². The van der Waals surface area contributed by atoms with Crippen LogP contribution >= 0.6 is 0 Å². The Morgan fingerprint density at radius 3 is 1.10 bits per heavy atom. The lowest BCUT2D eigenvalue weighted by Gasteiger charge is -2.16. The summed E-state index contributed by atoms with van der Waals surface area (Å²) in [5.41, 5.74) is 1.86. The quantitative estimate of drug-likeness (QED) is 0.0883. The number of imide groups is 2. The third kappa shape index (κ3) is 5.88. The number of nitro groups is 2. The molecule has 5 aromatic carbocycles. The van der Waals surface area contributed by atoms with Crippen LogP contribution in [0.25, 0.3) is 0 Å². The molecule has 0 radical (unpaired) electrons. The Labute approximate surface area is 282 Å². The van der Waals surface area contributed by atoms with Crippen LogP contribution in [-0.2, 0) is 13.1 Å². The van der Waals surface area contributed by atoms with Crippen molar-refractivity contribution in [2.75, 3.05) is 0 Å². The van der Waals surface area contributed by atoms with Crippen LogP contribution in [0.4, 0.5) is 11.4 Å². The molecule has 2 aliphatic rings. The minimum Gasteiger partial charge on any atom is -0.457 e. The van der Waals surface area contributed by atoms with Gasteiger partial charge in [0.05, 0.1) is 45.2 Å². The second-order valence-corrected chi connectivity index (χ2v) is 11.3. The molecule has 2 aliphatic heterocycles. The van der Waals surface area contributed by atoms with Crippen molar-refractivity contribution in [3.8, 4) is 23.0 Å². The molecule has 0 fully saturated rings. The normalized spacial score (nSPS) is 13.4. The van der Waals surface area contributed by atoms with Crippen LogP contribution in [0.3, 0.4) is 0 Å². The fraction of sp³-hybridized carbons (Fsp3) is 0.0556. The molecule has 0 bridgehead atoms. The summed E-state index contributed by atoms with van der Waals surface area (Å²) in [7, 11) is 0. The van der Waals surface area contributed by atoms with Crippen molar-refractivity contribution in [1.82, 2.24) is 9.80 Å². The van der Waals surface area contributed by atoms with Crippen molar-refractivity contribution in [2.24, 2.45) is 0 Å². The molecule has 5 aromatic rings. The lowest BCUT2D eigenvalue weighted by molar-refractivity contribution is -0.385.